The number of nitrogens with two attached hydrogens (primary N) is 1. The van der Waals surface area contributed by atoms with E-state index in [0.29, 0.717) is 54.9 Å². The van der Waals surface area contributed by atoms with Crippen LogP contribution < -0.4 is 30.9 Å². The zero-order chi connectivity index (χ0) is 51.2. The van der Waals surface area contributed by atoms with E-state index in [-0.39, 0.29) is 58.1 Å². The maximum atomic E-state index is 16.5. The summed E-state index contributed by atoms with van der Waals surface area (Å²) in [6.07, 6.45) is 0.746. The number of carbonyl (C=O) groups is 5. The van der Waals surface area contributed by atoms with Crippen LogP contribution in [0.15, 0.2) is 66.9 Å². The Morgan fingerprint density at radius 1 is 0.958 bits per heavy atom. The number of methoxy groups -OCH3 is 1. The highest BCUT2D eigenvalue weighted by Gasteiger charge is 2.66. The van der Waals surface area contributed by atoms with Gasteiger partial charge in [0.05, 0.1) is 17.8 Å². The van der Waals surface area contributed by atoms with Crippen LogP contribution in [0.3, 0.4) is 0 Å². The van der Waals surface area contributed by atoms with Gasteiger partial charge in [0.25, 0.3) is 11.8 Å². The SMILES string of the molecule is COc1cc(C(=O)N2CCC3(CC2)CCN(c2ccc4c(c2)CN(C2CCC(=O)NC2=O)C4=O)CC3)ccc1N1[C@@H](CC(C)(C)C)[C@@]2(CNc3cc(C(F)(F)F)ncc32)[C@@H](c2cccc(Cl)c2F)[C@@H]1C(N)=O. The normalized spacial score (nSPS) is 24.9. The Morgan fingerprint density at radius 2 is 1.68 bits per heavy atom. The molecule has 380 valence electrons. The molecule has 7 heterocycles. The highest BCUT2D eigenvalue weighted by Crippen LogP contribution is 2.61. The molecule has 10 rings (SSSR count). The van der Waals surface area contributed by atoms with Crippen LogP contribution in [0.5, 0.6) is 5.75 Å². The van der Waals surface area contributed by atoms with Gasteiger partial charge in [-0.1, -0.05) is 44.5 Å². The summed E-state index contributed by atoms with van der Waals surface area (Å²) in [7, 11) is 1.45. The first-order chi connectivity index (χ1) is 34.1. The summed E-state index contributed by atoms with van der Waals surface area (Å²) >= 11 is 6.42. The number of piperidine rings is 3. The molecular weight excluding hydrogens is 956 g/mol. The number of pyridine rings is 1. The van der Waals surface area contributed by atoms with Gasteiger partial charge >= 0.3 is 6.18 Å². The number of anilines is 3. The number of rotatable bonds is 8. The molecule has 3 aromatic carbocycles. The summed E-state index contributed by atoms with van der Waals surface area (Å²) in [4.78, 5) is 77.6. The molecule has 6 aliphatic rings. The van der Waals surface area contributed by atoms with E-state index in [0.717, 1.165) is 56.1 Å². The van der Waals surface area contributed by atoms with Crippen molar-refractivity contribution in [1.82, 2.24) is 20.1 Å². The van der Waals surface area contributed by atoms with Crippen LogP contribution in [0.1, 0.15) is 115 Å². The van der Waals surface area contributed by atoms with E-state index in [9.17, 15) is 37.1 Å². The predicted octanol–water partition coefficient (Wildman–Crippen LogP) is 7.81. The third-order valence-electron chi connectivity index (χ3n) is 16.3. The quantitative estimate of drug-likeness (QED) is 0.117. The lowest BCUT2D eigenvalue weighted by Crippen LogP contribution is -2.52. The van der Waals surface area contributed by atoms with Crippen molar-refractivity contribution in [3.05, 3.63) is 111 Å². The highest BCUT2D eigenvalue weighted by molar-refractivity contribution is 6.30. The fraction of sp³-hybridized carbons (Fsp3) is 0.472. The second kappa shape index (κ2) is 17.9. The first-order valence-corrected chi connectivity index (χ1v) is 24.8. The Balaban J connectivity index is 0.889. The number of carbonyl (C=O) groups excluding carboxylic acids is 5. The molecule has 2 spiro atoms. The minimum Gasteiger partial charge on any atom is -0.495 e. The molecule has 5 amide bonds. The summed E-state index contributed by atoms with van der Waals surface area (Å²) in [5.74, 6) is -3.57. The zero-order valence-corrected chi connectivity index (χ0v) is 41.3. The third-order valence-corrected chi connectivity index (χ3v) is 16.6. The number of aromatic nitrogens is 1. The van der Waals surface area contributed by atoms with Gasteiger partial charge in [-0.25, -0.2) is 4.39 Å². The number of alkyl halides is 3. The standard InChI is InChI=1S/C53H57ClF4N8O6/c1-50(2,3)25-41-52(28-61-36-24-40(53(56,57)58)60-26-34(36)52)43(33-6-5-7-35(54)44(33)55)45(46(59)68)66(41)37-11-8-29(23-39(37)72-4)48(70)64-20-16-51(17-21-64)14-18-63(19-15-51)31-9-10-32-30(22-31)27-65(49(32)71)38-12-13-42(67)62-47(38)69/h5-11,22-24,26,38,41,43,45,61H,12-21,25,27-28H2,1-4H3,(H2,59,68)(H,62,67,69)/t38?,41-,43-,45+,52-/m0/s1. The number of ether oxygens (including phenoxy) is 1. The van der Waals surface area contributed by atoms with Crippen molar-refractivity contribution in [2.24, 2.45) is 16.6 Å². The van der Waals surface area contributed by atoms with Crippen LogP contribution in [0.2, 0.25) is 5.02 Å². The van der Waals surface area contributed by atoms with Gasteiger partial charge in [-0.05, 0) is 109 Å². The van der Waals surface area contributed by atoms with E-state index in [1.165, 1.54) is 25.4 Å². The monoisotopic (exact) mass is 1010 g/mol. The minimum atomic E-state index is -4.74. The molecule has 72 heavy (non-hydrogen) atoms. The number of primary amides is 1. The van der Waals surface area contributed by atoms with Crippen molar-refractivity contribution in [3.8, 4) is 5.75 Å². The Kier molecular flexibility index (Phi) is 12.3. The van der Waals surface area contributed by atoms with Crippen molar-refractivity contribution >= 4 is 58.2 Å². The van der Waals surface area contributed by atoms with Gasteiger partial charge in [-0.2, -0.15) is 13.2 Å². The third kappa shape index (κ3) is 8.36. The average molecular weight is 1010 g/mol. The smallest absolute Gasteiger partial charge is 0.433 e. The summed E-state index contributed by atoms with van der Waals surface area (Å²) in [5.41, 5.74) is 7.39. The van der Waals surface area contributed by atoms with Gasteiger partial charge in [0.15, 0.2) is 0 Å². The Bertz CT molecular complexity index is 2890. The van der Waals surface area contributed by atoms with Crippen molar-refractivity contribution in [1.29, 1.82) is 0 Å². The fourth-order valence-electron chi connectivity index (χ4n) is 12.7. The van der Waals surface area contributed by atoms with Crippen LogP contribution in [0.4, 0.5) is 34.6 Å². The molecule has 0 saturated carbocycles. The highest BCUT2D eigenvalue weighted by atomic mass is 35.5. The summed E-state index contributed by atoms with van der Waals surface area (Å²) in [6.45, 7) is 9.01. The number of nitrogens with zero attached hydrogens (tertiary/aromatic N) is 5. The van der Waals surface area contributed by atoms with Crippen LogP contribution in [-0.4, -0.2) is 102 Å². The minimum absolute atomic E-state index is 0.0135. The molecule has 5 atom stereocenters. The summed E-state index contributed by atoms with van der Waals surface area (Å²) in [5, 5.41) is 5.34. The van der Waals surface area contributed by atoms with E-state index in [1.807, 2.05) is 48.8 Å². The molecule has 1 unspecified atom stereocenters. The van der Waals surface area contributed by atoms with Crippen LogP contribution in [0.25, 0.3) is 0 Å². The molecular formula is C53H57ClF4N8O6. The molecule has 6 aliphatic heterocycles. The van der Waals surface area contributed by atoms with Gasteiger partial charge in [0.1, 0.15) is 29.3 Å². The first-order valence-electron chi connectivity index (χ1n) is 24.5. The Hall–Kier alpha value is -6.43. The van der Waals surface area contributed by atoms with Gasteiger partial charge in [-0.15, -0.1) is 0 Å². The summed E-state index contributed by atoms with van der Waals surface area (Å²) in [6, 6.07) is 13.6. The van der Waals surface area contributed by atoms with Gasteiger partial charge in [0.2, 0.25) is 17.7 Å². The molecule has 4 N–H and O–H groups in total. The van der Waals surface area contributed by atoms with Crippen molar-refractivity contribution in [2.45, 2.75) is 108 Å². The first kappa shape index (κ1) is 49.2. The van der Waals surface area contributed by atoms with Gasteiger partial charge in [-0.3, -0.25) is 34.3 Å². The summed E-state index contributed by atoms with van der Waals surface area (Å²) < 4.78 is 64.8. The number of amides is 5. The topological polar surface area (TPSA) is 171 Å². The number of fused-ring (bicyclic) bond motifs is 3. The molecule has 1 aromatic heterocycles. The molecule has 14 nitrogen and oxygen atoms in total. The van der Waals surface area contributed by atoms with E-state index in [1.54, 1.807) is 29.2 Å². The number of likely N-dealkylation sites (tertiary alicyclic amines) is 1. The van der Waals surface area contributed by atoms with Crippen molar-refractivity contribution < 1.29 is 46.3 Å². The van der Waals surface area contributed by atoms with Gasteiger partial charge < -0.3 is 35.4 Å². The van der Waals surface area contributed by atoms with Crippen LogP contribution in [-0.2, 0) is 32.5 Å². The van der Waals surface area contributed by atoms with E-state index >= 15 is 4.39 Å². The molecule has 4 fully saturated rings. The second-order valence-corrected chi connectivity index (χ2v) is 22.0. The fourth-order valence-corrected chi connectivity index (χ4v) is 12.9. The number of hydrogen-bond donors (Lipinski definition) is 3. The number of hydrogen-bond acceptors (Lipinski definition) is 10. The molecule has 4 aromatic rings. The molecule has 19 heteroatoms. The lowest BCUT2D eigenvalue weighted by Gasteiger charge is -2.47. The molecule has 0 aliphatic carbocycles. The number of imide groups is 1. The van der Waals surface area contributed by atoms with E-state index < -0.39 is 64.4 Å². The Morgan fingerprint density at radius 3 is 2.35 bits per heavy atom. The van der Waals surface area contributed by atoms with E-state index in [2.05, 4.69) is 20.5 Å². The maximum absolute atomic E-state index is 16.5. The van der Waals surface area contributed by atoms with Crippen LogP contribution in [0, 0.1) is 16.6 Å². The molecule has 0 radical (unpaired) electrons. The molecule has 4 saturated heterocycles. The van der Waals surface area contributed by atoms with Gasteiger partial charge in [0, 0.05) is 97.3 Å². The molecule has 0 bridgehead atoms. The second-order valence-electron chi connectivity index (χ2n) is 21.6. The van der Waals surface area contributed by atoms with E-state index in [4.69, 9.17) is 22.1 Å². The Labute approximate surface area is 419 Å². The number of halogens is 5. The maximum Gasteiger partial charge on any atom is 0.433 e. The predicted molar refractivity (Wildman–Crippen MR) is 261 cm³/mol. The largest absolute Gasteiger partial charge is 0.495 e. The lowest BCUT2D eigenvalue weighted by molar-refractivity contribution is -0.141. The average Bonchev–Trinajstić information content (AvgIpc) is 3.97. The van der Waals surface area contributed by atoms with Crippen molar-refractivity contribution in [2.75, 3.05) is 55.0 Å². The van der Waals surface area contributed by atoms with Crippen molar-refractivity contribution in [3.63, 3.8) is 0 Å². The number of nitrogens with one attached hydrogen (secondary N) is 2. The number of benzene rings is 3. The lowest BCUT2D eigenvalue weighted by atomic mass is 9.63. The zero-order valence-electron chi connectivity index (χ0n) is 40.5. The van der Waals surface area contributed by atoms with Crippen LogP contribution >= 0.6 is 11.6 Å².